The third-order valence-corrected chi connectivity index (χ3v) is 11.4. The number of benzene rings is 1. The minimum Gasteiger partial charge on any atom is -0.361 e. The Labute approximate surface area is 432 Å². The molecule has 0 bridgehead atoms. The third kappa shape index (κ3) is 32.3. The number of thiazole rings is 1. The van der Waals surface area contributed by atoms with Gasteiger partial charge in [-0.1, -0.05) is 60.6 Å². The summed E-state index contributed by atoms with van der Waals surface area (Å²) in [5.41, 5.74) is 17.4. The van der Waals surface area contributed by atoms with Gasteiger partial charge < -0.3 is 4.52 Å². The number of aromatic nitrogens is 12. The van der Waals surface area contributed by atoms with Crippen LogP contribution < -0.4 is 0 Å². The first-order valence-corrected chi connectivity index (χ1v) is 24.3. The van der Waals surface area contributed by atoms with Gasteiger partial charge in [-0.25, -0.2) is 4.98 Å². The molecule has 380 valence electrons. The fourth-order valence-corrected chi connectivity index (χ4v) is 5.52. The molecular formula is C56H78N12OS2. The maximum atomic E-state index is 4.71. The molecule has 0 aliphatic carbocycles. The lowest BCUT2D eigenvalue weighted by Gasteiger charge is -1.82. The summed E-state index contributed by atoms with van der Waals surface area (Å²) in [5, 5.41) is 25.5. The Morgan fingerprint density at radius 2 is 0.887 bits per heavy atom. The lowest BCUT2D eigenvalue weighted by atomic mass is 10.2. The van der Waals surface area contributed by atoms with Crippen LogP contribution in [0.1, 0.15) is 95.9 Å². The molecule has 10 aromatic rings. The number of rotatable bonds is 0. The van der Waals surface area contributed by atoms with Crippen LogP contribution in [-0.2, 0) is 0 Å². The fraction of sp³-hybridized carbons (Fsp3) is 0.304. The van der Waals surface area contributed by atoms with Crippen molar-refractivity contribution in [3.05, 3.63) is 228 Å². The number of nitrogens with one attached hydrogen (secondary N) is 3. The SMILES string of the molecule is C.Cc1ccccc1.Cc1cccnc1.Cc1cccnc1.Cc1ccsc1C.Cc1cn[nH]c1C.Cc1cn[nH]c1C.Cc1cn[nH]c1C.Cc1cnccn1.Cc1cnoc1C.Cc1ncsc1C. The van der Waals surface area contributed by atoms with E-state index >= 15 is 0 Å². The molecule has 0 aliphatic rings. The molecule has 0 saturated carbocycles. The summed E-state index contributed by atoms with van der Waals surface area (Å²) in [7, 11) is 0. The van der Waals surface area contributed by atoms with Gasteiger partial charge in [0.2, 0.25) is 0 Å². The van der Waals surface area contributed by atoms with Crippen LogP contribution in [0.2, 0.25) is 0 Å². The Morgan fingerprint density at radius 3 is 1.03 bits per heavy atom. The summed E-state index contributed by atoms with van der Waals surface area (Å²) < 4.78 is 4.71. The predicted molar refractivity (Wildman–Crippen MR) is 298 cm³/mol. The number of hydrogen-bond acceptors (Lipinski definition) is 12. The normalized spacial score (nSPS) is 9.01. The summed E-state index contributed by atoms with van der Waals surface area (Å²) in [6, 6.07) is 20.3. The molecule has 9 aromatic heterocycles. The topological polar surface area (TPSA) is 177 Å². The lowest BCUT2D eigenvalue weighted by molar-refractivity contribution is 0.396. The summed E-state index contributed by atoms with van der Waals surface area (Å²) in [6.07, 6.45) is 19.4. The van der Waals surface area contributed by atoms with Crippen LogP contribution in [-0.4, -0.2) is 60.7 Å². The Kier molecular flexibility index (Phi) is 34.7. The van der Waals surface area contributed by atoms with Crippen LogP contribution in [0.3, 0.4) is 0 Å². The van der Waals surface area contributed by atoms with Crippen molar-refractivity contribution in [3.8, 4) is 0 Å². The van der Waals surface area contributed by atoms with E-state index in [1.807, 2.05) is 162 Å². The second-order valence-corrected chi connectivity index (χ2v) is 18.0. The van der Waals surface area contributed by atoms with Gasteiger partial charge >= 0.3 is 0 Å². The minimum atomic E-state index is 0. The molecule has 10 rings (SSSR count). The molecular weight excluding hydrogens is 921 g/mol. The molecule has 0 atom stereocenters. The molecule has 0 unspecified atom stereocenters. The van der Waals surface area contributed by atoms with Gasteiger partial charge in [0.05, 0.1) is 41.7 Å². The maximum Gasteiger partial charge on any atom is 0.136 e. The van der Waals surface area contributed by atoms with Gasteiger partial charge in [-0.2, -0.15) is 15.3 Å². The van der Waals surface area contributed by atoms with Crippen molar-refractivity contribution < 1.29 is 4.52 Å². The number of H-pyrrole nitrogens is 3. The van der Waals surface area contributed by atoms with Gasteiger partial charge in [0.25, 0.3) is 0 Å². The third-order valence-electron chi connectivity index (χ3n) is 9.59. The first kappa shape index (κ1) is 63.8. The number of nitrogens with zero attached hydrogens (tertiary/aromatic N) is 9. The van der Waals surface area contributed by atoms with Crippen LogP contribution in [0.5, 0.6) is 0 Å². The van der Waals surface area contributed by atoms with Gasteiger partial charge in [0, 0.05) is 75.8 Å². The molecule has 0 spiro atoms. The number of pyridine rings is 2. The van der Waals surface area contributed by atoms with Crippen molar-refractivity contribution in [1.82, 2.24) is 60.7 Å². The monoisotopic (exact) mass is 999 g/mol. The van der Waals surface area contributed by atoms with Crippen LogP contribution in [0, 0.1) is 111 Å². The molecule has 0 radical (unpaired) electrons. The molecule has 3 N–H and O–H groups in total. The van der Waals surface area contributed by atoms with Crippen molar-refractivity contribution in [2.24, 2.45) is 0 Å². The van der Waals surface area contributed by atoms with Crippen LogP contribution in [0.25, 0.3) is 0 Å². The van der Waals surface area contributed by atoms with E-state index in [2.05, 4.69) is 112 Å². The summed E-state index contributed by atoms with van der Waals surface area (Å²) in [6.45, 7) is 32.3. The second kappa shape index (κ2) is 38.6. The van der Waals surface area contributed by atoms with Crippen molar-refractivity contribution >= 4 is 22.7 Å². The largest absolute Gasteiger partial charge is 0.361 e. The average molecular weight is 999 g/mol. The van der Waals surface area contributed by atoms with Gasteiger partial charge in [0.15, 0.2) is 0 Å². The Bertz CT molecular complexity index is 2190. The minimum absolute atomic E-state index is 0. The molecule has 71 heavy (non-hydrogen) atoms. The summed E-state index contributed by atoms with van der Waals surface area (Å²) >= 11 is 3.50. The zero-order chi connectivity index (χ0) is 52.1. The quantitative estimate of drug-likeness (QED) is 0.132. The smallest absolute Gasteiger partial charge is 0.136 e. The van der Waals surface area contributed by atoms with E-state index in [4.69, 9.17) is 4.52 Å². The first-order chi connectivity index (χ1) is 33.4. The number of thiophene rings is 1. The van der Waals surface area contributed by atoms with Crippen LogP contribution >= 0.6 is 22.7 Å². The number of hydrogen-bond donors (Lipinski definition) is 3. The molecule has 1 aromatic carbocycles. The Hall–Kier alpha value is -7.23. The van der Waals surface area contributed by atoms with Crippen molar-refractivity contribution in [2.45, 2.75) is 118 Å². The highest BCUT2D eigenvalue weighted by molar-refractivity contribution is 7.10. The highest BCUT2D eigenvalue weighted by Crippen LogP contribution is 2.12. The Balaban J connectivity index is 0.000000766. The molecule has 15 heteroatoms. The van der Waals surface area contributed by atoms with Gasteiger partial charge in [-0.05, 0) is 168 Å². The lowest BCUT2D eigenvalue weighted by Crippen LogP contribution is -1.77. The molecule has 0 saturated heterocycles. The fourth-order valence-electron chi connectivity index (χ4n) is 4.19. The van der Waals surface area contributed by atoms with Crippen molar-refractivity contribution in [3.63, 3.8) is 0 Å². The van der Waals surface area contributed by atoms with Gasteiger partial charge in [-0.15, -0.1) is 22.7 Å². The maximum absolute atomic E-state index is 4.71. The molecule has 0 fully saturated rings. The van der Waals surface area contributed by atoms with E-state index < -0.39 is 0 Å². The highest BCUT2D eigenvalue weighted by Gasteiger charge is 1.92. The van der Waals surface area contributed by atoms with E-state index in [1.54, 1.807) is 59.9 Å². The molecule has 13 nitrogen and oxygen atoms in total. The average Bonchev–Trinajstić information content (AvgIpc) is 4.24. The van der Waals surface area contributed by atoms with E-state index in [9.17, 15) is 0 Å². The highest BCUT2D eigenvalue weighted by atomic mass is 32.1. The standard InChI is InChI=1S/C7H8.2C6H7N.C6H8S.3C5H8N2.C5H6N2.C5H7NO.C5H7NS.CH4/c1-7-5-3-2-4-6-7;2*1-6-3-2-4-7-5-6;1-5-3-4-7-6(5)2;3*1-4-3-6-7-5(4)2;1-5-4-6-2-3-7-5;1-4-3-6-7-5(4)2;1-4-5(2)7-3-6-4;/h2-6H,1H3;2*2-5H,1H3;3-4H,1-2H3;3*3H,1-2H3,(H,6,7);2-4H,1H3;2*3H,1-2H3;1H4. The first-order valence-electron chi connectivity index (χ1n) is 22.5. The van der Waals surface area contributed by atoms with Gasteiger partial charge in [0.1, 0.15) is 5.76 Å². The molecule has 0 aliphatic heterocycles. The van der Waals surface area contributed by atoms with E-state index in [0.29, 0.717) is 0 Å². The second-order valence-electron chi connectivity index (χ2n) is 15.8. The van der Waals surface area contributed by atoms with Crippen LogP contribution in [0.4, 0.5) is 0 Å². The zero-order valence-corrected chi connectivity index (χ0v) is 45.7. The van der Waals surface area contributed by atoms with E-state index in [1.165, 1.54) is 48.7 Å². The number of aromatic amines is 3. The molecule has 0 amide bonds. The predicted octanol–water partition coefficient (Wildman–Crippen LogP) is 14.7. The van der Waals surface area contributed by atoms with Gasteiger partial charge in [-0.3, -0.25) is 35.2 Å². The summed E-state index contributed by atoms with van der Waals surface area (Å²) in [4.78, 5) is 22.3. The number of aryl methyl sites for hydroxylation is 16. The molecule has 9 heterocycles. The zero-order valence-electron chi connectivity index (χ0n) is 44.0. The van der Waals surface area contributed by atoms with Crippen molar-refractivity contribution in [2.75, 3.05) is 0 Å². The van der Waals surface area contributed by atoms with E-state index in [0.717, 1.165) is 39.8 Å². The Morgan fingerprint density at radius 1 is 0.408 bits per heavy atom. The van der Waals surface area contributed by atoms with Crippen LogP contribution in [0.15, 0.2) is 144 Å². The van der Waals surface area contributed by atoms with Crippen molar-refractivity contribution in [1.29, 1.82) is 0 Å². The summed E-state index contributed by atoms with van der Waals surface area (Å²) in [5.74, 6) is 0.903. The van der Waals surface area contributed by atoms with E-state index in [-0.39, 0.29) is 7.43 Å².